The van der Waals surface area contributed by atoms with E-state index in [9.17, 15) is 13.6 Å². The molecule has 0 atom stereocenters. The van der Waals surface area contributed by atoms with Crippen LogP contribution in [0.1, 0.15) is 35.3 Å². The minimum atomic E-state index is -0.717. The first-order chi connectivity index (χ1) is 12.1. The Morgan fingerprint density at radius 1 is 1.20 bits per heavy atom. The van der Waals surface area contributed by atoms with Gasteiger partial charge in [-0.25, -0.2) is 23.7 Å². The van der Waals surface area contributed by atoms with E-state index in [1.165, 1.54) is 30.9 Å². The molecule has 0 unspecified atom stereocenters. The number of H-pyrrole nitrogens is 1. The highest BCUT2D eigenvalue weighted by Crippen LogP contribution is 2.45. The molecular formula is C17H15F2N5O. The summed E-state index contributed by atoms with van der Waals surface area (Å²) in [5, 5.41) is 2.77. The van der Waals surface area contributed by atoms with Crippen LogP contribution >= 0.6 is 0 Å². The lowest BCUT2D eigenvalue weighted by Crippen LogP contribution is -2.47. The van der Waals surface area contributed by atoms with Crippen LogP contribution in [0.4, 0.5) is 8.78 Å². The maximum absolute atomic E-state index is 14.2. The quantitative estimate of drug-likeness (QED) is 0.762. The van der Waals surface area contributed by atoms with Gasteiger partial charge in [0.25, 0.3) is 5.91 Å². The minimum absolute atomic E-state index is 0.0518. The molecule has 1 fully saturated rings. The van der Waals surface area contributed by atoms with Crippen LogP contribution in [0.2, 0.25) is 0 Å². The molecule has 0 aliphatic heterocycles. The first kappa shape index (κ1) is 15.6. The summed E-state index contributed by atoms with van der Waals surface area (Å²) in [5.74, 6) is -1.58. The summed E-state index contributed by atoms with van der Waals surface area (Å²) in [6.45, 7) is 0.142. The van der Waals surface area contributed by atoms with Crippen molar-refractivity contribution in [1.29, 1.82) is 0 Å². The lowest BCUT2D eigenvalue weighted by atomic mass is 9.64. The summed E-state index contributed by atoms with van der Waals surface area (Å²) in [4.78, 5) is 27.3. The van der Waals surface area contributed by atoms with Gasteiger partial charge in [-0.05, 0) is 25.0 Å². The molecule has 1 aliphatic carbocycles. The molecule has 1 aliphatic rings. The van der Waals surface area contributed by atoms with E-state index < -0.39 is 23.0 Å². The van der Waals surface area contributed by atoms with Crippen LogP contribution < -0.4 is 5.32 Å². The largest absolute Gasteiger partial charge is 0.350 e. The molecule has 1 amide bonds. The number of amides is 1. The third kappa shape index (κ3) is 2.54. The monoisotopic (exact) mass is 343 g/mol. The zero-order valence-electron chi connectivity index (χ0n) is 13.2. The second-order valence-corrected chi connectivity index (χ2v) is 6.24. The van der Waals surface area contributed by atoms with Gasteiger partial charge in [-0.1, -0.05) is 12.5 Å². The maximum Gasteiger partial charge on any atom is 0.272 e. The lowest BCUT2D eigenvalue weighted by Gasteiger charge is -2.42. The van der Waals surface area contributed by atoms with Gasteiger partial charge in [0, 0.05) is 17.5 Å². The number of aromatic amines is 1. The summed E-state index contributed by atoms with van der Waals surface area (Å²) in [6, 6.07) is 3.84. The molecule has 2 N–H and O–H groups in total. The van der Waals surface area contributed by atoms with Crippen LogP contribution in [-0.2, 0) is 5.41 Å². The fourth-order valence-electron chi connectivity index (χ4n) is 3.39. The van der Waals surface area contributed by atoms with Gasteiger partial charge in [-0.3, -0.25) is 4.79 Å². The van der Waals surface area contributed by atoms with Gasteiger partial charge in [-0.15, -0.1) is 0 Å². The summed E-state index contributed by atoms with van der Waals surface area (Å²) in [6.07, 6.45) is 4.79. The second kappa shape index (κ2) is 5.87. The first-order valence-electron chi connectivity index (χ1n) is 7.97. The van der Waals surface area contributed by atoms with Crippen LogP contribution in [0.25, 0.3) is 11.2 Å². The van der Waals surface area contributed by atoms with E-state index in [-0.39, 0.29) is 17.8 Å². The van der Waals surface area contributed by atoms with E-state index in [0.29, 0.717) is 24.0 Å². The van der Waals surface area contributed by atoms with Crippen LogP contribution in [0, 0.1) is 11.6 Å². The van der Waals surface area contributed by atoms with E-state index in [4.69, 9.17) is 0 Å². The SMILES string of the molecule is O=C(NCC1(c2c(F)cccc2F)CCC1)c1ncnc2nc[nH]c12. The highest BCUT2D eigenvalue weighted by atomic mass is 19.1. The number of aromatic nitrogens is 4. The Hall–Kier alpha value is -2.90. The molecule has 25 heavy (non-hydrogen) atoms. The van der Waals surface area contributed by atoms with Gasteiger partial charge in [0.05, 0.1) is 6.33 Å². The lowest BCUT2D eigenvalue weighted by molar-refractivity contribution is 0.0921. The van der Waals surface area contributed by atoms with Gasteiger partial charge >= 0.3 is 0 Å². The molecule has 1 aromatic carbocycles. The maximum atomic E-state index is 14.2. The zero-order chi connectivity index (χ0) is 17.4. The first-order valence-corrected chi connectivity index (χ1v) is 7.97. The Balaban J connectivity index is 1.59. The number of nitrogens with one attached hydrogen (secondary N) is 2. The summed E-state index contributed by atoms with van der Waals surface area (Å²) >= 11 is 0. The topological polar surface area (TPSA) is 83.6 Å². The smallest absolute Gasteiger partial charge is 0.272 e. The predicted molar refractivity (Wildman–Crippen MR) is 85.9 cm³/mol. The molecule has 6 nitrogen and oxygen atoms in total. The third-order valence-electron chi connectivity index (χ3n) is 4.83. The average molecular weight is 343 g/mol. The van der Waals surface area contributed by atoms with E-state index >= 15 is 0 Å². The summed E-state index contributed by atoms with van der Waals surface area (Å²) in [5.41, 5.74) is 0.311. The van der Waals surface area contributed by atoms with Crippen molar-refractivity contribution >= 4 is 17.1 Å². The molecule has 0 bridgehead atoms. The van der Waals surface area contributed by atoms with Crippen molar-refractivity contribution in [3.05, 3.63) is 53.7 Å². The zero-order valence-corrected chi connectivity index (χ0v) is 13.2. The highest BCUT2D eigenvalue weighted by molar-refractivity contribution is 6.01. The molecule has 4 rings (SSSR count). The number of imidazole rings is 1. The van der Waals surface area contributed by atoms with Crippen molar-refractivity contribution in [2.75, 3.05) is 6.54 Å². The minimum Gasteiger partial charge on any atom is -0.350 e. The Bertz CT molecular complexity index is 931. The Morgan fingerprint density at radius 3 is 2.64 bits per heavy atom. The number of hydrogen-bond acceptors (Lipinski definition) is 4. The van der Waals surface area contributed by atoms with E-state index in [2.05, 4.69) is 25.3 Å². The molecule has 0 radical (unpaired) electrons. The Kier molecular flexibility index (Phi) is 3.67. The fourth-order valence-corrected chi connectivity index (χ4v) is 3.39. The van der Waals surface area contributed by atoms with Crippen molar-refractivity contribution in [2.45, 2.75) is 24.7 Å². The predicted octanol–water partition coefficient (Wildman–Crippen LogP) is 2.48. The number of carbonyl (C=O) groups excluding carboxylic acids is 1. The van der Waals surface area contributed by atoms with Gasteiger partial charge in [-0.2, -0.15) is 0 Å². The van der Waals surface area contributed by atoms with Crippen molar-refractivity contribution in [3.63, 3.8) is 0 Å². The molecule has 0 saturated heterocycles. The van der Waals surface area contributed by atoms with Crippen LogP contribution in [0.3, 0.4) is 0 Å². The Labute approximate surface area is 141 Å². The second-order valence-electron chi connectivity index (χ2n) is 6.24. The normalized spacial score (nSPS) is 15.8. The van der Waals surface area contributed by atoms with Crippen molar-refractivity contribution < 1.29 is 13.6 Å². The number of hydrogen-bond donors (Lipinski definition) is 2. The fraction of sp³-hybridized carbons (Fsp3) is 0.294. The molecule has 3 aromatic rings. The van der Waals surface area contributed by atoms with Gasteiger partial charge in [0.2, 0.25) is 0 Å². The van der Waals surface area contributed by atoms with Gasteiger partial charge in [0.15, 0.2) is 11.3 Å². The Morgan fingerprint density at radius 2 is 1.96 bits per heavy atom. The molecule has 128 valence electrons. The summed E-state index contributed by atoms with van der Waals surface area (Å²) < 4.78 is 28.4. The molecule has 1 saturated carbocycles. The highest BCUT2D eigenvalue weighted by Gasteiger charge is 2.43. The van der Waals surface area contributed by atoms with E-state index in [1.807, 2.05) is 0 Å². The number of fused-ring (bicyclic) bond motifs is 1. The van der Waals surface area contributed by atoms with Crippen molar-refractivity contribution in [2.24, 2.45) is 0 Å². The van der Waals surface area contributed by atoms with Crippen LogP contribution in [0.15, 0.2) is 30.9 Å². The number of rotatable bonds is 4. The van der Waals surface area contributed by atoms with Crippen molar-refractivity contribution in [1.82, 2.24) is 25.3 Å². The molecule has 8 heteroatoms. The van der Waals surface area contributed by atoms with Gasteiger partial charge < -0.3 is 10.3 Å². The van der Waals surface area contributed by atoms with E-state index in [1.54, 1.807) is 0 Å². The molecule has 0 spiro atoms. The summed E-state index contributed by atoms with van der Waals surface area (Å²) in [7, 11) is 0. The van der Waals surface area contributed by atoms with Crippen LogP contribution in [0.5, 0.6) is 0 Å². The number of carbonyl (C=O) groups is 1. The molecular weight excluding hydrogens is 328 g/mol. The number of halogens is 2. The molecule has 2 heterocycles. The third-order valence-corrected chi connectivity index (χ3v) is 4.83. The van der Waals surface area contributed by atoms with E-state index in [0.717, 1.165) is 6.42 Å². The van der Waals surface area contributed by atoms with Crippen LogP contribution in [-0.4, -0.2) is 32.4 Å². The van der Waals surface area contributed by atoms with Gasteiger partial charge in [0.1, 0.15) is 23.5 Å². The average Bonchev–Trinajstić information content (AvgIpc) is 3.04. The van der Waals surface area contributed by atoms with Crippen molar-refractivity contribution in [3.8, 4) is 0 Å². The molecule has 2 aromatic heterocycles. The number of nitrogens with zero attached hydrogens (tertiary/aromatic N) is 3. The standard InChI is InChI=1S/C17H15F2N5O/c18-10-3-1-4-11(19)12(10)17(5-2-6-17)7-20-16(25)14-13-15(23-8-21-13)24-9-22-14/h1,3-4,8-9H,2,5-7H2,(H,20,25)(H,21,22,23,24). The number of benzene rings is 1.